The topological polar surface area (TPSA) is 84.3 Å². The van der Waals surface area contributed by atoms with Crippen molar-refractivity contribution in [3.63, 3.8) is 0 Å². The first kappa shape index (κ1) is 21.2. The summed E-state index contributed by atoms with van der Waals surface area (Å²) in [6.07, 6.45) is 0. The van der Waals surface area contributed by atoms with Gasteiger partial charge >= 0.3 is 0 Å². The van der Waals surface area contributed by atoms with E-state index in [1.165, 1.54) is 16.4 Å². The third-order valence-corrected chi connectivity index (χ3v) is 4.95. The molecule has 0 fully saturated rings. The van der Waals surface area contributed by atoms with Gasteiger partial charge in [0.25, 0.3) is 5.56 Å². The minimum atomic E-state index is -0.474. The summed E-state index contributed by atoms with van der Waals surface area (Å²) in [5.74, 6) is -0.331. The van der Waals surface area contributed by atoms with Crippen molar-refractivity contribution in [1.82, 2.24) is 9.55 Å². The smallest absolute Gasteiger partial charge is 0.294 e. The maximum atomic E-state index is 13.2. The molecule has 0 saturated carbocycles. The maximum Gasteiger partial charge on any atom is 0.294 e. The van der Waals surface area contributed by atoms with Crippen molar-refractivity contribution in [2.24, 2.45) is 0 Å². The van der Waals surface area contributed by atoms with Crippen molar-refractivity contribution in [2.45, 2.75) is 40.2 Å². The average Bonchev–Trinajstić information content (AvgIpc) is 2.71. The normalized spacial score (nSPS) is 11.0. The second-order valence-corrected chi connectivity index (χ2v) is 7.37. The molecule has 0 aliphatic heterocycles. The zero-order chi connectivity index (χ0) is 21.8. The average molecular weight is 406 g/mol. The van der Waals surface area contributed by atoms with Crippen molar-refractivity contribution in [2.75, 3.05) is 16.8 Å². The lowest BCUT2D eigenvalue weighted by molar-refractivity contribution is -0.117. The van der Waals surface area contributed by atoms with Gasteiger partial charge in [-0.2, -0.15) is 0 Å². The van der Waals surface area contributed by atoms with E-state index in [2.05, 4.69) is 24.1 Å². The third kappa shape index (κ3) is 4.25. The molecule has 7 nitrogen and oxygen atoms in total. The quantitative estimate of drug-likeness (QED) is 0.679. The van der Waals surface area contributed by atoms with Gasteiger partial charge in [-0.15, -0.1) is 0 Å². The zero-order valence-corrected chi connectivity index (χ0v) is 17.7. The molecule has 0 aliphatic rings. The number of carbonyl (C=O) groups is 2. The van der Waals surface area contributed by atoms with Crippen LogP contribution in [-0.4, -0.2) is 27.9 Å². The van der Waals surface area contributed by atoms with E-state index in [9.17, 15) is 14.4 Å². The Morgan fingerprint density at radius 1 is 1.10 bits per heavy atom. The number of aromatic nitrogens is 2. The molecule has 1 heterocycles. The molecule has 0 saturated heterocycles. The first-order chi connectivity index (χ1) is 14.3. The number of anilines is 2. The van der Waals surface area contributed by atoms with Gasteiger partial charge in [0.1, 0.15) is 6.54 Å². The number of carbonyl (C=O) groups excluding carboxylic acids is 2. The Kier molecular flexibility index (Phi) is 6.30. The fourth-order valence-corrected chi connectivity index (χ4v) is 3.48. The molecule has 0 atom stereocenters. The third-order valence-electron chi connectivity index (χ3n) is 4.95. The molecular formula is C23H26N4O3. The van der Waals surface area contributed by atoms with Crippen LogP contribution in [0.1, 0.15) is 39.2 Å². The summed E-state index contributed by atoms with van der Waals surface area (Å²) in [5.41, 5.74) is 2.36. The van der Waals surface area contributed by atoms with Crippen LogP contribution >= 0.6 is 0 Å². The van der Waals surface area contributed by atoms with Crippen LogP contribution in [0, 0.1) is 0 Å². The Morgan fingerprint density at radius 3 is 2.43 bits per heavy atom. The van der Waals surface area contributed by atoms with E-state index < -0.39 is 5.56 Å². The van der Waals surface area contributed by atoms with Crippen molar-refractivity contribution >= 4 is 34.4 Å². The number of benzene rings is 2. The highest BCUT2D eigenvalue weighted by Crippen LogP contribution is 2.23. The lowest BCUT2D eigenvalue weighted by atomic mass is 10.0. The molecule has 0 spiro atoms. The van der Waals surface area contributed by atoms with Crippen LogP contribution in [0.25, 0.3) is 11.0 Å². The van der Waals surface area contributed by atoms with Crippen LogP contribution < -0.4 is 15.8 Å². The molecule has 0 radical (unpaired) electrons. The largest absolute Gasteiger partial charge is 0.324 e. The van der Waals surface area contributed by atoms with Gasteiger partial charge in [0.15, 0.2) is 0 Å². The molecule has 2 aromatic carbocycles. The fourth-order valence-electron chi connectivity index (χ4n) is 3.48. The molecule has 1 N–H and O–H groups in total. The Bertz CT molecular complexity index is 1150. The van der Waals surface area contributed by atoms with E-state index in [0.29, 0.717) is 17.6 Å². The maximum absolute atomic E-state index is 13.2. The van der Waals surface area contributed by atoms with Crippen LogP contribution in [0.15, 0.2) is 53.3 Å². The van der Waals surface area contributed by atoms with Gasteiger partial charge in [-0.25, -0.2) is 4.98 Å². The minimum Gasteiger partial charge on any atom is -0.324 e. The van der Waals surface area contributed by atoms with Crippen LogP contribution in [0.2, 0.25) is 0 Å². The predicted molar refractivity (Wildman–Crippen MR) is 119 cm³/mol. The first-order valence-corrected chi connectivity index (χ1v) is 10.00. The summed E-state index contributed by atoms with van der Waals surface area (Å²) >= 11 is 0. The van der Waals surface area contributed by atoms with E-state index in [0.717, 1.165) is 11.3 Å². The molecule has 1 aromatic heterocycles. The second kappa shape index (κ2) is 8.90. The molecule has 0 aliphatic carbocycles. The van der Waals surface area contributed by atoms with Gasteiger partial charge in [-0.3, -0.25) is 23.9 Å². The Labute approximate surface area is 175 Å². The van der Waals surface area contributed by atoms with Crippen molar-refractivity contribution < 1.29 is 9.59 Å². The van der Waals surface area contributed by atoms with E-state index in [-0.39, 0.29) is 30.1 Å². The summed E-state index contributed by atoms with van der Waals surface area (Å²) in [6, 6.07) is 14.7. The Morgan fingerprint density at radius 2 is 1.77 bits per heavy atom. The van der Waals surface area contributed by atoms with E-state index in [1.807, 2.05) is 24.3 Å². The van der Waals surface area contributed by atoms with Crippen LogP contribution in [-0.2, 0) is 16.1 Å². The van der Waals surface area contributed by atoms with Crippen molar-refractivity contribution in [1.29, 1.82) is 0 Å². The van der Waals surface area contributed by atoms with E-state index in [4.69, 9.17) is 0 Å². The zero-order valence-electron chi connectivity index (χ0n) is 17.7. The number of nitrogens with zero attached hydrogens (tertiary/aromatic N) is 3. The van der Waals surface area contributed by atoms with Gasteiger partial charge < -0.3 is 5.32 Å². The highest BCUT2D eigenvalue weighted by atomic mass is 16.2. The summed E-state index contributed by atoms with van der Waals surface area (Å²) < 4.78 is 1.37. The summed E-state index contributed by atoms with van der Waals surface area (Å²) in [4.78, 5) is 43.8. The lowest BCUT2D eigenvalue weighted by Gasteiger charge is -2.20. The van der Waals surface area contributed by atoms with Gasteiger partial charge in [0.2, 0.25) is 17.6 Å². The highest BCUT2D eigenvalue weighted by molar-refractivity contribution is 5.94. The second-order valence-electron chi connectivity index (χ2n) is 7.37. The van der Waals surface area contributed by atoms with Gasteiger partial charge in [-0.1, -0.05) is 44.2 Å². The highest BCUT2D eigenvalue weighted by Gasteiger charge is 2.20. The molecule has 3 rings (SSSR count). The molecule has 7 heteroatoms. The minimum absolute atomic E-state index is 0.0269. The van der Waals surface area contributed by atoms with Gasteiger partial charge in [0.05, 0.1) is 11.0 Å². The number of amides is 2. The SMILES string of the molecule is CCN(C(C)=O)c1nc2ccccc2n(CC(=O)Nc2ccccc2C(C)C)c1=O. The molecule has 0 unspecified atom stereocenters. The number of hydrogen-bond donors (Lipinski definition) is 1. The number of para-hydroxylation sites is 3. The molecule has 2 amide bonds. The number of nitrogens with one attached hydrogen (secondary N) is 1. The number of hydrogen-bond acceptors (Lipinski definition) is 4. The molecule has 0 bridgehead atoms. The molecular weight excluding hydrogens is 380 g/mol. The summed E-state index contributed by atoms with van der Waals surface area (Å²) in [6.45, 7) is 7.40. The van der Waals surface area contributed by atoms with Gasteiger partial charge in [0, 0.05) is 19.2 Å². The standard InChI is InChI=1S/C23H26N4O3/c1-5-26(16(4)28)22-23(30)27(20-13-9-8-12-19(20)25-22)14-21(29)24-18-11-7-6-10-17(18)15(2)3/h6-13,15H,5,14H2,1-4H3,(H,24,29). The summed E-state index contributed by atoms with van der Waals surface area (Å²) in [5, 5.41) is 2.92. The van der Waals surface area contributed by atoms with E-state index in [1.54, 1.807) is 31.2 Å². The van der Waals surface area contributed by atoms with Crippen LogP contribution in [0.4, 0.5) is 11.5 Å². The molecule has 30 heavy (non-hydrogen) atoms. The van der Waals surface area contributed by atoms with E-state index >= 15 is 0 Å². The van der Waals surface area contributed by atoms with Crippen molar-refractivity contribution in [3.8, 4) is 0 Å². The predicted octanol–water partition coefficient (Wildman–Crippen LogP) is 3.53. The molecule has 3 aromatic rings. The Hall–Kier alpha value is -3.48. The molecule has 156 valence electrons. The van der Waals surface area contributed by atoms with Gasteiger partial charge in [-0.05, 0) is 36.6 Å². The Balaban J connectivity index is 2.03. The summed E-state index contributed by atoms with van der Waals surface area (Å²) in [7, 11) is 0. The monoisotopic (exact) mass is 406 g/mol. The van der Waals surface area contributed by atoms with Crippen LogP contribution in [0.3, 0.4) is 0 Å². The van der Waals surface area contributed by atoms with Crippen LogP contribution in [0.5, 0.6) is 0 Å². The lowest BCUT2D eigenvalue weighted by Crippen LogP contribution is -2.38. The fraction of sp³-hybridized carbons (Fsp3) is 0.304. The number of fused-ring (bicyclic) bond motifs is 1. The number of rotatable bonds is 6. The van der Waals surface area contributed by atoms with Crippen molar-refractivity contribution in [3.05, 3.63) is 64.4 Å². The first-order valence-electron chi connectivity index (χ1n) is 10.00.